The third-order valence-corrected chi connectivity index (χ3v) is 0.907. The molecule has 1 unspecified atom stereocenters. The lowest BCUT2D eigenvalue weighted by molar-refractivity contribution is -0.137. The third kappa shape index (κ3) is 8.03. The summed E-state index contributed by atoms with van der Waals surface area (Å²) < 4.78 is 0. The van der Waals surface area contributed by atoms with Crippen LogP contribution in [-0.2, 0) is 4.79 Å². The number of nitrogens with two attached hydrogens (primary N) is 1. The summed E-state index contributed by atoms with van der Waals surface area (Å²) in [5.74, 6) is -0.815. The van der Waals surface area contributed by atoms with Crippen molar-refractivity contribution in [3.05, 3.63) is 0 Å². The van der Waals surface area contributed by atoms with Crippen LogP contribution in [0.1, 0.15) is 0 Å². The van der Waals surface area contributed by atoms with E-state index in [0.717, 1.165) is 0 Å². The van der Waals surface area contributed by atoms with Crippen LogP contribution in [0.2, 0.25) is 0 Å². The van der Waals surface area contributed by atoms with Gasteiger partial charge in [0.15, 0.2) is 0 Å². The van der Waals surface area contributed by atoms with E-state index in [2.05, 4.69) is 12.6 Å². The first-order valence-corrected chi connectivity index (χ1v) is 2.41. The van der Waals surface area contributed by atoms with E-state index < -0.39 is 12.0 Å². The molecule has 0 aromatic rings. The van der Waals surface area contributed by atoms with E-state index in [0.29, 0.717) is 0 Å². The summed E-state index contributed by atoms with van der Waals surface area (Å²) in [7, 11) is 0. The van der Waals surface area contributed by atoms with Crippen LogP contribution in [0.15, 0.2) is 0 Å². The molecule has 1 atom stereocenters. The van der Waals surface area contributed by atoms with Crippen molar-refractivity contribution in [2.75, 3.05) is 5.75 Å². The van der Waals surface area contributed by atoms with E-state index in [1.807, 2.05) is 0 Å². The molecule has 0 aromatic carbocycles. The zero-order valence-corrected chi connectivity index (χ0v) is 6.49. The molecule has 9 heavy (non-hydrogen) atoms. The molecular weight excluding hydrogens is 164 g/mol. The molecule has 0 rings (SSSR count). The molecule has 0 radical (unpaired) electrons. The highest BCUT2D eigenvalue weighted by Gasteiger charge is 2.06. The van der Waals surface area contributed by atoms with Crippen LogP contribution < -0.4 is 11.9 Å². The van der Waals surface area contributed by atoms with E-state index in [4.69, 9.17) is 10.8 Å². The zero-order chi connectivity index (χ0) is 5.86. The highest BCUT2D eigenvalue weighted by molar-refractivity contribution is 7.80. The minimum absolute atomic E-state index is 0. The first-order chi connectivity index (χ1) is 3.18. The van der Waals surface area contributed by atoms with Crippen LogP contribution in [0, 0.1) is 0 Å². The topological polar surface area (TPSA) is 98.3 Å². The monoisotopic (exact) mass is 174 g/mol. The van der Waals surface area contributed by atoms with Gasteiger partial charge in [0.1, 0.15) is 6.04 Å². The molecule has 0 aromatic heterocycles. The van der Waals surface area contributed by atoms with Crippen molar-refractivity contribution < 1.29 is 9.90 Å². The van der Waals surface area contributed by atoms with Crippen LogP contribution >= 0.6 is 25.0 Å². The Morgan fingerprint density at radius 3 is 2.11 bits per heavy atom. The molecule has 0 aliphatic rings. The number of carboxylic acids is 1. The predicted molar refractivity (Wildman–Crippen MR) is 41.7 cm³/mol. The van der Waals surface area contributed by atoms with Crippen LogP contribution in [0.5, 0.6) is 0 Å². The molecule has 0 spiro atoms. The van der Waals surface area contributed by atoms with Crippen molar-refractivity contribution in [1.29, 1.82) is 0 Å². The van der Waals surface area contributed by atoms with Crippen LogP contribution in [0.3, 0.4) is 0 Å². The standard InChI is InChI=1S/C3H7NO2S.ClH.H3N/c4-2(1-7)3(5)6;;/h2,7H,1,4H2,(H,5,6);1H;1H3. The first kappa shape index (κ1) is 16.0. The number of thiol groups is 1. The third-order valence-electron chi connectivity index (χ3n) is 0.514. The van der Waals surface area contributed by atoms with Crippen LogP contribution in [0.25, 0.3) is 0 Å². The normalized spacial score (nSPS) is 10.4. The average molecular weight is 175 g/mol. The Kier molecular flexibility index (Phi) is 14.3. The van der Waals surface area contributed by atoms with Gasteiger partial charge in [-0.3, -0.25) is 4.79 Å². The number of carboxylic acid groups (broad SMARTS) is 1. The van der Waals surface area contributed by atoms with Gasteiger partial charge in [0.2, 0.25) is 0 Å². The number of hydrogen-bond acceptors (Lipinski definition) is 4. The van der Waals surface area contributed by atoms with Gasteiger partial charge in [-0.1, -0.05) is 0 Å². The van der Waals surface area contributed by atoms with Crippen LogP contribution in [0.4, 0.5) is 0 Å². The van der Waals surface area contributed by atoms with Crippen molar-refractivity contribution in [1.82, 2.24) is 6.15 Å². The molecule has 0 saturated heterocycles. The van der Waals surface area contributed by atoms with E-state index in [9.17, 15) is 4.79 Å². The molecule has 0 saturated carbocycles. The van der Waals surface area contributed by atoms with Crippen molar-refractivity contribution in [3.8, 4) is 0 Å². The second kappa shape index (κ2) is 8.03. The SMILES string of the molecule is Cl.N.NC(CS)C(=O)O. The Morgan fingerprint density at radius 1 is 1.78 bits per heavy atom. The summed E-state index contributed by atoms with van der Waals surface area (Å²) in [6.45, 7) is 0. The quantitative estimate of drug-likeness (QED) is 0.440. The van der Waals surface area contributed by atoms with Gasteiger partial charge in [-0.15, -0.1) is 12.4 Å². The fourth-order valence-corrected chi connectivity index (χ4v) is 0.234. The summed E-state index contributed by atoms with van der Waals surface area (Å²) in [6.07, 6.45) is 0. The summed E-state index contributed by atoms with van der Waals surface area (Å²) in [6, 6.07) is -0.816. The largest absolute Gasteiger partial charge is 0.480 e. The molecule has 0 fully saturated rings. The zero-order valence-electron chi connectivity index (χ0n) is 4.78. The van der Waals surface area contributed by atoms with Gasteiger partial charge >= 0.3 is 5.97 Å². The lowest BCUT2D eigenvalue weighted by Gasteiger charge is -1.96. The Balaban J connectivity index is -0.000000180. The number of aliphatic carboxylic acids is 1. The van der Waals surface area contributed by atoms with Crippen LogP contribution in [-0.4, -0.2) is 22.9 Å². The molecule has 0 aliphatic carbocycles. The minimum Gasteiger partial charge on any atom is -0.480 e. The van der Waals surface area contributed by atoms with Crippen molar-refractivity contribution in [3.63, 3.8) is 0 Å². The summed E-state index contributed by atoms with van der Waals surface area (Å²) in [5, 5.41) is 8.01. The minimum atomic E-state index is -1.00. The number of halogens is 1. The Labute approximate surface area is 65.2 Å². The number of rotatable bonds is 2. The van der Waals surface area contributed by atoms with Gasteiger partial charge in [-0.25, -0.2) is 0 Å². The molecule has 4 nitrogen and oxygen atoms in total. The second-order valence-electron chi connectivity index (χ2n) is 1.13. The molecule has 0 heterocycles. The molecular formula is C3H11ClN2O2S. The van der Waals surface area contributed by atoms with Gasteiger partial charge in [-0.05, 0) is 0 Å². The lowest BCUT2D eigenvalue weighted by atomic mass is 10.4. The second-order valence-corrected chi connectivity index (χ2v) is 1.49. The fourth-order valence-electron chi connectivity index (χ4n) is 0.0781. The van der Waals surface area contributed by atoms with Crippen molar-refractivity contribution in [2.45, 2.75) is 6.04 Å². The average Bonchev–Trinajstić information content (AvgIpc) is 1.65. The van der Waals surface area contributed by atoms with Crippen molar-refractivity contribution in [2.24, 2.45) is 5.73 Å². The Morgan fingerprint density at radius 2 is 2.11 bits per heavy atom. The van der Waals surface area contributed by atoms with E-state index in [1.165, 1.54) is 0 Å². The van der Waals surface area contributed by atoms with Gasteiger partial charge in [0.25, 0.3) is 0 Å². The molecule has 6 heteroatoms. The van der Waals surface area contributed by atoms with E-state index in [1.54, 1.807) is 0 Å². The molecule has 0 amide bonds. The maximum atomic E-state index is 9.76. The van der Waals surface area contributed by atoms with Gasteiger partial charge in [-0.2, -0.15) is 12.6 Å². The summed E-state index contributed by atoms with van der Waals surface area (Å²) in [5.41, 5.74) is 4.94. The highest BCUT2D eigenvalue weighted by Crippen LogP contribution is 1.80. The van der Waals surface area contributed by atoms with Gasteiger partial charge < -0.3 is 17.0 Å². The fraction of sp³-hybridized carbons (Fsp3) is 0.667. The first-order valence-electron chi connectivity index (χ1n) is 1.77. The lowest BCUT2D eigenvalue weighted by Crippen LogP contribution is -2.31. The van der Waals surface area contributed by atoms with Gasteiger partial charge in [0.05, 0.1) is 0 Å². The molecule has 0 aliphatic heterocycles. The highest BCUT2D eigenvalue weighted by atomic mass is 35.5. The maximum absolute atomic E-state index is 9.76. The number of hydrogen-bond donors (Lipinski definition) is 4. The van der Waals surface area contributed by atoms with Crippen molar-refractivity contribution >= 4 is 31.0 Å². The summed E-state index contributed by atoms with van der Waals surface area (Å²) in [4.78, 5) is 9.76. The predicted octanol–water partition coefficient (Wildman–Crippen LogP) is -0.0881. The Bertz CT molecular complexity index is 82.2. The molecule has 6 N–H and O–H groups in total. The molecule has 0 bridgehead atoms. The maximum Gasteiger partial charge on any atom is 0.321 e. The molecule has 58 valence electrons. The van der Waals surface area contributed by atoms with E-state index in [-0.39, 0.29) is 24.3 Å². The summed E-state index contributed by atoms with van der Waals surface area (Å²) >= 11 is 3.65. The number of carbonyl (C=O) groups is 1. The van der Waals surface area contributed by atoms with Gasteiger partial charge in [0, 0.05) is 5.75 Å². The smallest absolute Gasteiger partial charge is 0.321 e. The van der Waals surface area contributed by atoms with E-state index >= 15 is 0 Å². The Hall–Kier alpha value is 0.0300.